The number of hydrogen-bond acceptors (Lipinski definition) is 4. The van der Waals surface area contributed by atoms with Gasteiger partial charge in [0.1, 0.15) is 0 Å². The molecule has 1 saturated heterocycles. The predicted octanol–water partition coefficient (Wildman–Crippen LogP) is 3.02. The standard InChI is InChI=1S/C20H35NO4/c1-18(2,3)25-8-6-5-7-24-15-20-12-19(13-20,14-20)9-17(22)21-10-16(11-21)23-4/h16H,5-15H2,1-4H3. The summed E-state index contributed by atoms with van der Waals surface area (Å²) in [7, 11) is 1.72. The number of ether oxygens (including phenoxy) is 3. The fourth-order valence-electron chi connectivity index (χ4n) is 4.77. The first-order valence-electron chi connectivity index (χ1n) is 9.77. The largest absolute Gasteiger partial charge is 0.381 e. The second-order valence-electron chi connectivity index (χ2n) is 9.58. The van der Waals surface area contributed by atoms with E-state index in [1.165, 1.54) is 19.3 Å². The van der Waals surface area contributed by atoms with Crippen LogP contribution in [0.3, 0.4) is 0 Å². The Hall–Kier alpha value is -0.650. The first-order valence-corrected chi connectivity index (χ1v) is 9.77. The van der Waals surface area contributed by atoms with Gasteiger partial charge in [-0.2, -0.15) is 0 Å². The van der Waals surface area contributed by atoms with Crippen molar-refractivity contribution in [3.63, 3.8) is 0 Å². The molecule has 3 aliphatic carbocycles. The topological polar surface area (TPSA) is 48.0 Å². The summed E-state index contributed by atoms with van der Waals surface area (Å²) in [5.41, 5.74) is 0.657. The van der Waals surface area contributed by atoms with Crippen molar-refractivity contribution in [3.8, 4) is 0 Å². The van der Waals surface area contributed by atoms with Crippen molar-refractivity contribution >= 4 is 5.91 Å². The minimum absolute atomic E-state index is 0.0427. The minimum atomic E-state index is -0.0427. The molecule has 3 saturated carbocycles. The van der Waals surface area contributed by atoms with Crippen LogP contribution in [0.25, 0.3) is 0 Å². The SMILES string of the molecule is COC1CN(C(=O)CC23CC(COCCCCOC(C)(C)C)(C2)C3)C1. The molecule has 0 N–H and O–H groups in total. The Balaban J connectivity index is 1.21. The number of nitrogens with zero attached hydrogens (tertiary/aromatic N) is 1. The van der Waals surface area contributed by atoms with E-state index in [2.05, 4.69) is 20.8 Å². The van der Waals surface area contributed by atoms with E-state index in [1.807, 2.05) is 4.90 Å². The van der Waals surface area contributed by atoms with Gasteiger partial charge < -0.3 is 19.1 Å². The highest BCUT2D eigenvalue weighted by Gasteiger charge is 2.68. The van der Waals surface area contributed by atoms with Crippen LogP contribution >= 0.6 is 0 Å². The zero-order valence-electron chi connectivity index (χ0n) is 16.4. The van der Waals surface area contributed by atoms with E-state index >= 15 is 0 Å². The van der Waals surface area contributed by atoms with E-state index in [9.17, 15) is 4.79 Å². The third-order valence-corrected chi connectivity index (χ3v) is 5.94. The fraction of sp³-hybridized carbons (Fsp3) is 0.950. The van der Waals surface area contributed by atoms with Crippen molar-refractivity contribution < 1.29 is 19.0 Å². The number of rotatable bonds is 10. The number of unbranched alkanes of at least 4 members (excludes halogenated alkanes) is 1. The maximum absolute atomic E-state index is 12.3. The van der Waals surface area contributed by atoms with E-state index in [0.29, 0.717) is 16.7 Å². The second kappa shape index (κ2) is 7.16. The van der Waals surface area contributed by atoms with Crippen LogP contribution < -0.4 is 0 Å². The Morgan fingerprint density at radius 1 is 1.08 bits per heavy atom. The van der Waals surface area contributed by atoms with E-state index in [1.54, 1.807) is 7.11 Å². The van der Waals surface area contributed by atoms with Crippen molar-refractivity contribution in [3.05, 3.63) is 0 Å². The molecule has 0 unspecified atom stereocenters. The van der Waals surface area contributed by atoms with Gasteiger partial charge in [-0.25, -0.2) is 0 Å². The molecule has 1 amide bonds. The lowest BCUT2D eigenvalue weighted by molar-refractivity contribution is -0.236. The van der Waals surface area contributed by atoms with Gasteiger partial charge in [-0.15, -0.1) is 0 Å². The molecule has 4 fully saturated rings. The first kappa shape index (κ1) is 19.1. The van der Waals surface area contributed by atoms with Crippen LogP contribution in [0.1, 0.15) is 59.3 Å². The monoisotopic (exact) mass is 353 g/mol. The van der Waals surface area contributed by atoms with Gasteiger partial charge in [0.15, 0.2) is 0 Å². The molecule has 5 heteroatoms. The average molecular weight is 354 g/mol. The van der Waals surface area contributed by atoms with Gasteiger partial charge in [0.2, 0.25) is 5.91 Å². The van der Waals surface area contributed by atoms with E-state index in [-0.39, 0.29) is 11.7 Å². The summed E-state index contributed by atoms with van der Waals surface area (Å²) in [6, 6.07) is 0. The van der Waals surface area contributed by atoms with Gasteiger partial charge in [0, 0.05) is 39.8 Å². The van der Waals surface area contributed by atoms with Gasteiger partial charge in [0.05, 0.1) is 18.3 Å². The summed E-state index contributed by atoms with van der Waals surface area (Å²) in [4.78, 5) is 14.2. The number of methoxy groups -OCH3 is 1. The summed E-state index contributed by atoms with van der Waals surface area (Å²) in [5, 5.41) is 0. The van der Waals surface area contributed by atoms with Crippen molar-refractivity contribution in [1.29, 1.82) is 0 Å². The molecular formula is C20H35NO4. The third kappa shape index (κ3) is 4.55. The summed E-state index contributed by atoms with van der Waals surface area (Å²) < 4.78 is 16.9. The average Bonchev–Trinajstić information content (AvgIpc) is 2.39. The molecule has 0 aromatic carbocycles. The molecule has 2 bridgehead atoms. The van der Waals surface area contributed by atoms with Crippen molar-refractivity contribution in [1.82, 2.24) is 4.90 Å². The highest BCUT2D eigenvalue weighted by molar-refractivity contribution is 5.78. The molecule has 4 aliphatic rings. The number of likely N-dealkylation sites (tertiary alicyclic amines) is 1. The Morgan fingerprint density at radius 3 is 2.32 bits per heavy atom. The molecule has 25 heavy (non-hydrogen) atoms. The highest BCUT2D eigenvalue weighted by Crippen LogP contribution is 2.74. The zero-order valence-corrected chi connectivity index (χ0v) is 16.4. The van der Waals surface area contributed by atoms with Crippen LogP contribution in [0.4, 0.5) is 0 Å². The normalized spacial score (nSPS) is 31.3. The van der Waals surface area contributed by atoms with Crippen molar-refractivity contribution in [2.75, 3.05) is 40.0 Å². The maximum atomic E-state index is 12.3. The Labute approximate surface area is 152 Å². The van der Waals surface area contributed by atoms with Crippen LogP contribution in [-0.4, -0.2) is 62.5 Å². The zero-order chi connectivity index (χ0) is 18.1. The first-order chi connectivity index (χ1) is 11.7. The van der Waals surface area contributed by atoms with Crippen LogP contribution in [0.5, 0.6) is 0 Å². The quantitative estimate of drug-likeness (QED) is 0.567. The molecular weight excluding hydrogens is 318 g/mol. The summed E-state index contributed by atoms with van der Waals surface area (Å²) in [5.74, 6) is 0.321. The lowest BCUT2D eigenvalue weighted by atomic mass is 9.34. The van der Waals surface area contributed by atoms with Gasteiger partial charge in [-0.05, 0) is 63.7 Å². The smallest absolute Gasteiger partial charge is 0.223 e. The highest BCUT2D eigenvalue weighted by atomic mass is 16.5. The molecule has 4 rings (SSSR count). The molecule has 5 nitrogen and oxygen atoms in total. The molecule has 1 aliphatic heterocycles. The van der Waals surface area contributed by atoms with E-state index in [4.69, 9.17) is 14.2 Å². The third-order valence-electron chi connectivity index (χ3n) is 5.94. The van der Waals surface area contributed by atoms with Crippen LogP contribution in [0.15, 0.2) is 0 Å². The fourth-order valence-corrected chi connectivity index (χ4v) is 4.77. The minimum Gasteiger partial charge on any atom is -0.381 e. The van der Waals surface area contributed by atoms with Gasteiger partial charge >= 0.3 is 0 Å². The number of amides is 1. The molecule has 0 atom stereocenters. The Bertz CT molecular complexity index is 459. The summed E-state index contributed by atoms with van der Waals surface area (Å²) in [6.45, 7) is 10.3. The van der Waals surface area contributed by atoms with Crippen LogP contribution in [0.2, 0.25) is 0 Å². The number of hydrogen-bond donors (Lipinski definition) is 0. The molecule has 0 spiro atoms. The Kier molecular flexibility index (Phi) is 5.48. The molecule has 0 aromatic heterocycles. The predicted molar refractivity (Wildman–Crippen MR) is 96.5 cm³/mol. The van der Waals surface area contributed by atoms with Gasteiger partial charge in [0.25, 0.3) is 0 Å². The Morgan fingerprint density at radius 2 is 1.72 bits per heavy atom. The summed E-state index contributed by atoms with van der Waals surface area (Å²) >= 11 is 0. The maximum Gasteiger partial charge on any atom is 0.223 e. The van der Waals surface area contributed by atoms with Crippen molar-refractivity contribution in [2.45, 2.75) is 71.0 Å². The second-order valence-corrected chi connectivity index (χ2v) is 9.58. The molecule has 144 valence electrons. The lowest BCUT2D eigenvalue weighted by Gasteiger charge is -2.71. The van der Waals surface area contributed by atoms with E-state index in [0.717, 1.165) is 52.2 Å². The molecule has 1 heterocycles. The van der Waals surface area contributed by atoms with Crippen LogP contribution in [-0.2, 0) is 19.0 Å². The molecule has 0 aromatic rings. The lowest BCUT2D eigenvalue weighted by Crippen LogP contribution is -2.65. The van der Waals surface area contributed by atoms with Crippen molar-refractivity contribution in [2.24, 2.45) is 10.8 Å². The van der Waals surface area contributed by atoms with E-state index < -0.39 is 0 Å². The molecule has 0 radical (unpaired) electrons. The number of carbonyl (C=O) groups excluding carboxylic acids is 1. The van der Waals surface area contributed by atoms with Gasteiger partial charge in [-0.3, -0.25) is 4.79 Å². The summed E-state index contributed by atoms with van der Waals surface area (Å²) in [6.07, 6.45) is 6.65. The van der Waals surface area contributed by atoms with Crippen LogP contribution in [0, 0.1) is 10.8 Å². The van der Waals surface area contributed by atoms with Gasteiger partial charge in [-0.1, -0.05) is 0 Å². The number of carbonyl (C=O) groups is 1.